The minimum Gasteiger partial charge on any atom is -0.356 e. The van der Waals surface area contributed by atoms with Crippen LogP contribution in [0.1, 0.15) is 52.2 Å². The third kappa shape index (κ3) is 3.69. The zero-order valence-electron chi connectivity index (χ0n) is 22.3. The van der Waals surface area contributed by atoms with E-state index in [4.69, 9.17) is 0 Å². The van der Waals surface area contributed by atoms with E-state index in [0.717, 1.165) is 58.1 Å². The molecule has 1 spiro atoms. The zero-order valence-corrected chi connectivity index (χ0v) is 23.2. The van der Waals surface area contributed by atoms with Gasteiger partial charge in [0, 0.05) is 33.4 Å². The van der Waals surface area contributed by atoms with Gasteiger partial charge in [0.05, 0.1) is 10.4 Å². The molecule has 0 atom stereocenters. The zero-order chi connectivity index (χ0) is 26.8. The minimum absolute atomic E-state index is 0.114. The van der Waals surface area contributed by atoms with Gasteiger partial charge in [0.1, 0.15) is 5.82 Å². The number of H-pyrrole nitrogens is 1. The van der Waals surface area contributed by atoms with Crippen LogP contribution in [0.3, 0.4) is 0 Å². The van der Waals surface area contributed by atoms with E-state index in [-0.39, 0.29) is 17.3 Å². The normalized spacial score (nSPS) is 23.1. The van der Waals surface area contributed by atoms with Crippen molar-refractivity contribution in [1.82, 2.24) is 14.8 Å². The molecule has 6 heteroatoms. The highest BCUT2D eigenvalue weighted by Crippen LogP contribution is 2.54. The van der Waals surface area contributed by atoms with Crippen LogP contribution in [0.25, 0.3) is 21.0 Å². The second-order valence-electron chi connectivity index (χ2n) is 11.3. The quantitative estimate of drug-likeness (QED) is 0.260. The van der Waals surface area contributed by atoms with Gasteiger partial charge in [-0.25, -0.2) is 4.39 Å². The van der Waals surface area contributed by atoms with Gasteiger partial charge >= 0.3 is 0 Å². The van der Waals surface area contributed by atoms with Crippen LogP contribution in [-0.2, 0) is 17.5 Å². The third-order valence-electron chi connectivity index (χ3n) is 9.38. The van der Waals surface area contributed by atoms with Gasteiger partial charge in [-0.2, -0.15) is 0 Å². The summed E-state index contributed by atoms with van der Waals surface area (Å²) in [6, 6.07) is 25.8. The van der Waals surface area contributed by atoms with E-state index in [0.29, 0.717) is 6.54 Å². The fourth-order valence-electron chi connectivity index (χ4n) is 7.31. The molecule has 39 heavy (non-hydrogen) atoms. The molecule has 3 heterocycles. The summed E-state index contributed by atoms with van der Waals surface area (Å²) in [5, 5.41) is 2.37. The average molecular weight is 538 g/mol. The van der Waals surface area contributed by atoms with Crippen molar-refractivity contribution in [3.05, 3.63) is 106 Å². The van der Waals surface area contributed by atoms with Crippen LogP contribution >= 0.6 is 11.3 Å². The topological polar surface area (TPSA) is 39.3 Å². The van der Waals surface area contributed by atoms with E-state index < -0.39 is 5.54 Å². The fraction of sp³-hybridized carbons (Fsp3) is 0.303. The van der Waals surface area contributed by atoms with Crippen LogP contribution in [0.15, 0.2) is 78.9 Å². The van der Waals surface area contributed by atoms with E-state index in [1.165, 1.54) is 22.7 Å². The number of aromatic nitrogens is 1. The highest BCUT2D eigenvalue weighted by molar-refractivity contribution is 7.20. The van der Waals surface area contributed by atoms with Crippen molar-refractivity contribution < 1.29 is 9.18 Å². The second kappa shape index (κ2) is 9.04. The highest BCUT2D eigenvalue weighted by atomic mass is 32.1. The molecule has 1 aliphatic heterocycles. The molecule has 198 valence electrons. The summed E-state index contributed by atoms with van der Waals surface area (Å²) in [5.74, 6) is -0.0882. The van der Waals surface area contributed by atoms with Crippen molar-refractivity contribution in [1.29, 1.82) is 0 Å². The van der Waals surface area contributed by atoms with Gasteiger partial charge in [-0.3, -0.25) is 9.69 Å². The molecule has 2 aromatic heterocycles. The number of amides is 1. The Balaban J connectivity index is 1.34. The lowest BCUT2D eigenvalue weighted by Crippen LogP contribution is -2.58. The van der Waals surface area contributed by atoms with Crippen molar-refractivity contribution in [3.63, 3.8) is 0 Å². The summed E-state index contributed by atoms with van der Waals surface area (Å²) in [5.41, 5.74) is 3.95. The number of carbonyl (C=O) groups excluding carboxylic acids is 1. The number of aromatic amines is 1. The Morgan fingerprint density at radius 2 is 1.72 bits per heavy atom. The number of nitrogens with one attached hydrogen (secondary N) is 1. The molecule has 1 N–H and O–H groups in total. The molecule has 1 fully saturated rings. The van der Waals surface area contributed by atoms with E-state index in [1.807, 2.05) is 18.2 Å². The second-order valence-corrected chi connectivity index (χ2v) is 12.4. The molecule has 2 aliphatic rings. The van der Waals surface area contributed by atoms with Crippen LogP contribution in [-0.4, -0.2) is 41.3 Å². The lowest BCUT2D eigenvalue weighted by atomic mass is 9.65. The lowest BCUT2D eigenvalue weighted by Gasteiger charge is -2.55. The van der Waals surface area contributed by atoms with Crippen LogP contribution in [0, 0.1) is 5.82 Å². The number of hydrogen-bond donors (Lipinski definition) is 1. The summed E-state index contributed by atoms with van der Waals surface area (Å²) in [6.45, 7) is 0.691. The van der Waals surface area contributed by atoms with Crippen LogP contribution < -0.4 is 0 Å². The molecule has 4 nitrogen and oxygen atoms in total. The SMILES string of the molecule is CN(C)C1(c2cccc(F)c2)CCC2(CC1)c1[nH]c3ccccc3c1CCN2C(=O)c1cc2ccccc2s1. The molecular formula is C33H32FN3OS. The Kier molecular flexibility index (Phi) is 5.69. The number of rotatable bonds is 3. The standard InChI is InChI=1S/C33H32FN3OS/c1-36(2)32(23-9-7-10-24(34)21-23)15-17-33(18-16-32)30-26(25-11-4-5-12-27(25)35-30)14-19-37(33)31(38)29-20-22-8-3-6-13-28(22)39-29/h3-13,20-21,35H,14-19H2,1-2H3. The van der Waals surface area contributed by atoms with Crippen molar-refractivity contribution in [3.8, 4) is 0 Å². The number of thiophene rings is 1. The third-order valence-corrected chi connectivity index (χ3v) is 10.5. The first kappa shape index (κ1) is 24.6. The number of nitrogens with zero attached hydrogens (tertiary/aromatic N) is 2. The Morgan fingerprint density at radius 3 is 2.49 bits per heavy atom. The molecule has 0 saturated heterocycles. The minimum atomic E-state index is -0.438. The first-order chi connectivity index (χ1) is 18.9. The number of fused-ring (bicyclic) bond motifs is 5. The monoisotopic (exact) mass is 537 g/mol. The van der Waals surface area contributed by atoms with E-state index in [9.17, 15) is 9.18 Å². The van der Waals surface area contributed by atoms with Crippen molar-refractivity contribution in [2.45, 2.75) is 43.2 Å². The van der Waals surface area contributed by atoms with Crippen molar-refractivity contribution in [2.24, 2.45) is 0 Å². The van der Waals surface area contributed by atoms with Crippen LogP contribution in [0.2, 0.25) is 0 Å². The molecule has 1 aliphatic carbocycles. The molecule has 5 aromatic rings. The Morgan fingerprint density at radius 1 is 0.949 bits per heavy atom. The highest BCUT2D eigenvalue weighted by Gasteiger charge is 2.53. The predicted molar refractivity (Wildman–Crippen MR) is 157 cm³/mol. The summed E-state index contributed by atoms with van der Waals surface area (Å²) in [4.78, 5) is 23.3. The molecule has 0 unspecified atom stereocenters. The first-order valence-corrected chi connectivity index (χ1v) is 14.6. The lowest BCUT2D eigenvalue weighted by molar-refractivity contribution is -0.0140. The Hall–Kier alpha value is -3.48. The molecule has 1 saturated carbocycles. The van der Waals surface area contributed by atoms with Crippen molar-refractivity contribution >= 4 is 38.2 Å². The number of benzene rings is 3. The number of para-hydroxylation sites is 1. The van der Waals surface area contributed by atoms with Crippen molar-refractivity contribution in [2.75, 3.05) is 20.6 Å². The van der Waals surface area contributed by atoms with Crippen LogP contribution in [0.4, 0.5) is 4.39 Å². The fourth-order valence-corrected chi connectivity index (χ4v) is 8.33. The summed E-state index contributed by atoms with van der Waals surface area (Å²) in [7, 11) is 4.19. The summed E-state index contributed by atoms with van der Waals surface area (Å²) < 4.78 is 15.5. The van der Waals surface area contributed by atoms with Gasteiger partial charge in [0.15, 0.2) is 0 Å². The molecule has 0 radical (unpaired) electrons. The van der Waals surface area contributed by atoms with E-state index >= 15 is 0 Å². The van der Waals surface area contributed by atoms with Crippen LogP contribution in [0.5, 0.6) is 0 Å². The number of carbonyl (C=O) groups is 1. The molecule has 3 aromatic carbocycles. The Bertz CT molecular complexity index is 1680. The molecule has 7 rings (SSSR count). The number of hydrogen-bond acceptors (Lipinski definition) is 3. The van der Waals surface area contributed by atoms with Gasteiger partial charge in [-0.05, 0) is 93.0 Å². The van der Waals surface area contributed by atoms with Gasteiger partial charge in [-0.15, -0.1) is 11.3 Å². The number of halogens is 1. The molecule has 0 bridgehead atoms. The van der Waals surface area contributed by atoms with Gasteiger partial charge in [-0.1, -0.05) is 48.5 Å². The molecule has 1 amide bonds. The first-order valence-electron chi connectivity index (χ1n) is 13.8. The summed E-state index contributed by atoms with van der Waals surface area (Å²) >= 11 is 1.58. The van der Waals surface area contributed by atoms with E-state index in [1.54, 1.807) is 17.4 Å². The predicted octanol–water partition coefficient (Wildman–Crippen LogP) is 7.45. The van der Waals surface area contributed by atoms with Gasteiger partial charge in [0.25, 0.3) is 5.91 Å². The Labute approximate surface area is 232 Å². The average Bonchev–Trinajstić information content (AvgIpc) is 3.56. The van der Waals surface area contributed by atoms with Gasteiger partial charge in [0.2, 0.25) is 0 Å². The maximum Gasteiger partial charge on any atom is 0.264 e. The molecular weight excluding hydrogens is 505 g/mol. The largest absolute Gasteiger partial charge is 0.356 e. The van der Waals surface area contributed by atoms with E-state index in [2.05, 4.69) is 77.4 Å². The maximum atomic E-state index is 14.4. The van der Waals surface area contributed by atoms with Gasteiger partial charge < -0.3 is 9.88 Å². The smallest absolute Gasteiger partial charge is 0.264 e. The maximum absolute atomic E-state index is 14.4. The summed E-state index contributed by atoms with van der Waals surface area (Å²) in [6.07, 6.45) is 4.10.